The maximum atomic E-state index is 12.6. The first-order valence-corrected chi connectivity index (χ1v) is 7.35. The molecule has 1 amide bonds. The first-order valence-electron chi connectivity index (χ1n) is 7.35. The van der Waals surface area contributed by atoms with Crippen LogP contribution in [0.5, 0.6) is 0 Å². The molecule has 0 radical (unpaired) electrons. The van der Waals surface area contributed by atoms with E-state index in [1.807, 2.05) is 41.3 Å². The third-order valence-electron chi connectivity index (χ3n) is 4.06. The molecule has 3 heteroatoms. The fourth-order valence-corrected chi connectivity index (χ4v) is 2.81. The van der Waals surface area contributed by atoms with E-state index >= 15 is 0 Å². The lowest BCUT2D eigenvalue weighted by Gasteiger charge is -2.20. The molecule has 108 valence electrons. The number of amides is 1. The number of carbonyl (C=O) groups excluding carboxylic acids is 1. The number of nitrogens with zero attached hydrogens (tertiary/aromatic N) is 2. The molecule has 1 aromatic carbocycles. The van der Waals surface area contributed by atoms with E-state index in [0.29, 0.717) is 5.56 Å². The molecule has 1 saturated heterocycles. The normalized spacial score (nSPS) is 17.0. The highest BCUT2D eigenvalue weighted by Gasteiger charge is 2.32. The minimum atomic E-state index is 0.0888. The molecule has 3 nitrogen and oxygen atoms in total. The van der Waals surface area contributed by atoms with Gasteiger partial charge in [0, 0.05) is 31.0 Å². The van der Waals surface area contributed by atoms with Crippen molar-refractivity contribution < 1.29 is 4.79 Å². The Morgan fingerprint density at radius 2 is 1.90 bits per heavy atom. The van der Waals surface area contributed by atoms with Gasteiger partial charge in [0.1, 0.15) is 0 Å². The Labute approximate surface area is 125 Å². The van der Waals surface area contributed by atoms with Crippen molar-refractivity contribution in [2.24, 2.45) is 5.41 Å². The second-order valence-electron chi connectivity index (χ2n) is 6.47. The summed E-state index contributed by atoms with van der Waals surface area (Å²) in [5.41, 5.74) is 2.97. The van der Waals surface area contributed by atoms with Crippen LogP contribution in [0, 0.1) is 5.41 Å². The van der Waals surface area contributed by atoms with Gasteiger partial charge in [0.15, 0.2) is 0 Å². The zero-order valence-corrected chi connectivity index (χ0v) is 12.5. The van der Waals surface area contributed by atoms with Crippen LogP contribution in [-0.4, -0.2) is 28.9 Å². The second kappa shape index (κ2) is 5.32. The molecule has 0 bridgehead atoms. The van der Waals surface area contributed by atoms with Crippen molar-refractivity contribution in [2.75, 3.05) is 13.1 Å². The van der Waals surface area contributed by atoms with Gasteiger partial charge in [-0.2, -0.15) is 0 Å². The third kappa shape index (κ3) is 2.97. The Bertz CT molecular complexity index is 649. The molecule has 0 unspecified atom stereocenters. The number of likely N-dealkylation sites (tertiary alicyclic amines) is 1. The summed E-state index contributed by atoms with van der Waals surface area (Å²) in [7, 11) is 0. The van der Waals surface area contributed by atoms with Crippen molar-refractivity contribution in [2.45, 2.75) is 20.3 Å². The van der Waals surface area contributed by atoms with Crippen LogP contribution in [0.3, 0.4) is 0 Å². The molecule has 0 N–H and O–H groups in total. The second-order valence-corrected chi connectivity index (χ2v) is 6.47. The highest BCUT2D eigenvalue weighted by Crippen LogP contribution is 2.30. The number of pyridine rings is 1. The molecule has 21 heavy (non-hydrogen) atoms. The SMILES string of the molecule is CC1(C)CCN(C(=O)c2cncc(-c3ccccc3)c2)C1. The van der Waals surface area contributed by atoms with Gasteiger partial charge < -0.3 is 4.90 Å². The Morgan fingerprint density at radius 3 is 2.57 bits per heavy atom. The molecule has 3 rings (SSSR count). The molecule has 0 aliphatic carbocycles. The first-order chi connectivity index (χ1) is 10.1. The van der Waals surface area contributed by atoms with Crippen molar-refractivity contribution in [1.82, 2.24) is 9.88 Å². The van der Waals surface area contributed by atoms with E-state index in [2.05, 4.69) is 18.8 Å². The number of rotatable bonds is 2. The molecule has 0 spiro atoms. The highest BCUT2D eigenvalue weighted by molar-refractivity contribution is 5.95. The van der Waals surface area contributed by atoms with Gasteiger partial charge in [-0.25, -0.2) is 0 Å². The first kappa shape index (κ1) is 13.8. The van der Waals surface area contributed by atoms with Crippen LogP contribution < -0.4 is 0 Å². The number of benzene rings is 1. The van der Waals surface area contributed by atoms with Crippen LogP contribution in [-0.2, 0) is 0 Å². The van der Waals surface area contributed by atoms with E-state index in [1.165, 1.54) is 0 Å². The summed E-state index contributed by atoms with van der Waals surface area (Å²) < 4.78 is 0. The van der Waals surface area contributed by atoms with Crippen LogP contribution in [0.4, 0.5) is 0 Å². The fraction of sp³-hybridized carbons (Fsp3) is 0.333. The average molecular weight is 280 g/mol. The van der Waals surface area contributed by atoms with Crippen LogP contribution >= 0.6 is 0 Å². The molecular weight excluding hydrogens is 260 g/mol. The molecule has 0 saturated carbocycles. The standard InChI is InChI=1S/C18H20N2O/c1-18(2)8-9-20(13-18)17(21)16-10-15(11-19-12-16)14-6-4-3-5-7-14/h3-7,10-12H,8-9,13H2,1-2H3. The van der Waals surface area contributed by atoms with E-state index in [9.17, 15) is 4.79 Å². The van der Waals surface area contributed by atoms with Crippen LogP contribution in [0.15, 0.2) is 48.8 Å². The summed E-state index contributed by atoms with van der Waals surface area (Å²) >= 11 is 0. The third-order valence-corrected chi connectivity index (χ3v) is 4.06. The summed E-state index contributed by atoms with van der Waals surface area (Å²) in [6.45, 7) is 6.07. The Kier molecular flexibility index (Phi) is 3.50. The quantitative estimate of drug-likeness (QED) is 0.841. The van der Waals surface area contributed by atoms with Gasteiger partial charge in [0.2, 0.25) is 0 Å². The van der Waals surface area contributed by atoms with E-state index in [4.69, 9.17) is 0 Å². The lowest BCUT2D eigenvalue weighted by atomic mass is 9.93. The highest BCUT2D eigenvalue weighted by atomic mass is 16.2. The molecular formula is C18H20N2O. The van der Waals surface area contributed by atoms with E-state index in [1.54, 1.807) is 12.4 Å². The van der Waals surface area contributed by atoms with Gasteiger partial charge in [-0.1, -0.05) is 44.2 Å². The van der Waals surface area contributed by atoms with Gasteiger partial charge in [0.25, 0.3) is 5.91 Å². The van der Waals surface area contributed by atoms with Gasteiger partial charge in [-0.3, -0.25) is 9.78 Å². The zero-order chi connectivity index (χ0) is 14.9. The molecule has 0 atom stereocenters. The summed E-state index contributed by atoms with van der Waals surface area (Å²) in [6, 6.07) is 12.0. The van der Waals surface area contributed by atoms with Crippen molar-refractivity contribution >= 4 is 5.91 Å². The smallest absolute Gasteiger partial charge is 0.255 e. The number of hydrogen-bond donors (Lipinski definition) is 0. The molecule has 1 aromatic heterocycles. The monoisotopic (exact) mass is 280 g/mol. The molecule has 2 aromatic rings. The Morgan fingerprint density at radius 1 is 1.14 bits per heavy atom. The molecule has 2 heterocycles. The minimum Gasteiger partial charge on any atom is -0.338 e. The maximum absolute atomic E-state index is 12.6. The van der Waals surface area contributed by atoms with Crippen molar-refractivity contribution in [3.05, 3.63) is 54.4 Å². The average Bonchev–Trinajstić information content (AvgIpc) is 2.88. The van der Waals surface area contributed by atoms with Crippen LogP contribution in [0.1, 0.15) is 30.6 Å². The summed E-state index contributed by atoms with van der Waals surface area (Å²) in [5.74, 6) is 0.0888. The number of aromatic nitrogens is 1. The fourth-order valence-electron chi connectivity index (χ4n) is 2.81. The van der Waals surface area contributed by atoms with Crippen molar-refractivity contribution in [3.63, 3.8) is 0 Å². The largest absolute Gasteiger partial charge is 0.338 e. The topological polar surface area (TPSA) is 33.2 Å². The number of hydrogen-bond acceptors (Lipinski definition) is 2. The summed E-state index contributed by atoms with van der Waals surface area (Å²) in [4.78, 5) is 18.8. The van der Waals surface area contributed by atoms with E-state index in [-0.39, 0.29) is 11.3 Å². The lowest BCUT2D eigenvalue weighted by molar-refractivity contribution is 0.0778. The van der Waals surface area contributed by atoms with Gasteiger partial charge in [-0.15, -0.1) is 0 Å². The maximum Gasteiger partial charge on any atom is 0.255 e. The van der Waals surface area contributed by atoms with Crippen molar-refractivity contribution in [1.29, 1.82) is 0 Å². The Balaban J connectivity index is 1.85. The van der Waals surface area contributed by atoms with Gasteiger partial charge >= 0.3 is 0 Å². The Hall–Kier alpha value is -2.16. The van der Waals surface area contributed by atoms with Crippen molar-refractivity contribution in [3.8, 4) is 11.1 Å². The number of carbonyl (C=O) groups is 1. The van der Waals surface area contributed by atoms with Gasteiger partial charge in [-0.05, 0) is 23.5 Å². The molecule has 1 fully saturated rings. The van der Waals surface area contributed by atoms with E-state index in [0.717, 1.165) is 30.6 Å². The van der Waals surface area contributed by atoms with Crippen LogP contribution in [0.25, 0.3) is 11.1 Å². The van der Waals surface area contributed by atoms with Gasteiger partial charge in [0.05, 0.1) is 5.56 Å². The predicted octanol–water partition coefficient (Wildman–Crippen LogP) is 3.62. The van der Waals surface area contributed by atoms with E-state index < -0.39 is 0 Å². The van der Waals surface area contributed by atoms with Crippen LogP contribution in [0.2, 0.25) is 0 Å². The minimum absolute atomic E-state index is 0.0888. The summed E-state index contributed by atoms with van der Waals surface area (Å²) in [5, 5.41) is 0. The lowest BCUT2D eigenvalue weighted by Crippen LogP contribution is -2.30. The summed E-state index contributed by atoms with van der Waals surface area (Å²) in [6.07, 6.45) is 4.53. The molecule has 1 aliphatic heterocycles. The predicted molar refractivity (Wildman–Crippen MR) is 84.0 cm³/mol. The molecule has 1 aliphatic rings. The zero-order valence-electron chi connectivity index (χ0n) is 12.5.